The molecule has 1 amide bonds. The number of rotatable bonds is 4. The van der Waals surface area contributed by atoms with Crippen LogP contribution in [0.25, 0.3) is 0 Å². The zero-order valence-corrected chi connectivity index (χ0v) is 11.6. The van der Waals surface area contributed by atoms with Crippen LogP contribution < -0.4 is 5.32 Å². The number of hydrogen-bond acceptors (Lipinski definition) is 3. The van der Waals surface area contributed by atoms with Crippen molar-refractivity contribution in [2.24, 2.45) is 0 Å². The average molecular weight is 287 g/mol. The number of benzene rings is 2. The van der Waals surface area contributed by atoms with E-state index >= 15 is 0 Å². The fourth-order valence-electron chi connectivity index (χ4n) is 1.70. The normalized spacial score (nSPS) is 10.1. The molecular weight excluding hydrogens is 274 g/mol. The van der Waals surface area contributed by atoms with Crippen LogP contribution >= 0.6 is 11.8 Å². The molecule has 0 saturated heterocycles. The van der Waals surface area contributed by atoms with E-state index in [2.05, 4.69) is 5.32 Å². The predicted molar refractivity (Wildman–Crippen MR) is 79.6 cm³/mol. The van der Waals surface area contributed by atoms with E-state index in [0.717, 1.165) is 4.90 Å². The first-order valence-corrected chi connectivity index (χ1v) is 7.11. The third-order valence-electron chi connectivity index (χ3n) is 2.70. The third kappa shape index (κ3) is 3.39. The molecule has 5 heteroatoms. The molecule has 2 aromatic carbocycles. The average Bonchev–Trinajstić information content (AvgIpc) is 2.47. The van der Waals surface area contributed by atoms with Crippen molar-refractivity contribution in [2.45, 2.75) is 4.90 Å². The summed E-state index contributed by atoms with van der Waals surface area (Å²) < 4.78 is 0. The number of carboxylic acids is 1. The molecule has 2 N–H and O–H groups in total. The van der Waals surface area contributed by atoms with E-state index in [9.17, 15) is 9.59 Å². The molecule has 4 nitrogen and oxygen atoms in total. The van der Waals surface area contributed by atoms with Gasteiger partial charge in [-0.1, -0.05) is 12.1 Å². The Bertz CT molecular complexity index is 655. The van der Waals surface area contributed by atoms with Crippen LogP contribution in [0.5, 0.6) is 0 Å². The fourth-order valence-corrected chi connectivity index (χ4v) is 2.16. The van der Waals surface area contributed by atoms with Crippen molar-refractivity contribution >= 4 is 29.3 Å². The molecule has 0 unspecified atom stereocenters. The molecule has 0 aromatic heterocycles. The van der Waals surface area contributed by atoms with Gasteiger partial charge in [0.25, 0.3) is 5.91 Å². The molecule has 0 heterocycles. The van der Waals surface area contributed by atoms with E-state index in [1.54, 1.807) is 36.0 Å². The second-order valence-corrected chi connectivity index (χ2v) is 4.95. The summed E-state index contributed by atoms with van der Waals surface area (Å²) in [7, 11) is 0. The van der Waals surface area contributed by atoms with Crippen LogP contribution in [0, 0.1) is 0 Å². The lowest BCUT2D eigenvalue weighted by molar-refractivity contribution is 0.0696. The number of carbonyl (C=O) groups is 2. The van der Waals surface area contributed by atoms with E-state index < -0.39 is 5.97 Å². The maximum atomic E-state index is 12.1. The maximum Gasteiger partial charge on any atom is 0.335 e. The van der Waals surface area contributed by atoms with Gasteiger partial charge in [0.05, 0.1) is 5.56 Å². The number of carboxylic acid groups (broad SMARTS) is 1. The van der Waals surface area contributed by atoms with Gasteiger partial charge >= 0.3 is 5.97 Å². The first-order valence-electron chi connectivity index (χ1n) is 5.89. The summed E-state index contributed by atoms with van der Waals surface area (Å²) in [6.07, 6.45) is 1.94. The number of carbonyl (C=O) groups excluding carboxylic acids is 1. The standard InChI is InChI=1S/C15H13NO3S/c1-20-13-7-3-4-10(9-13)14(17)16-12-6-2-5-11(8-12)15(18)19/h2-9H,1H3,(H,16,17)(H,18,19). The topological polar surface area (TPSA) is 66.4 Å². The van der Waals surface area contributed by atoms with Crippen molar-refractivity contribution in [1.82, 2.24) is 0 Å². The van der Waals surface area contributed by atoms with Gasteiger partial charge < -0.3 is 10.4 Å². The second-order valence-electron chi connectivity index (χ2n) is 4.07. The van der Waals surface area contributed by atoms with E-state index in [4.69, 9.17) is 5.11 Å². The maximum absolute atomic E-state index is 12.1. The lowest BCUT2D eigenvalue weighted by Crippen LogP contribution is -2.12. The Hall–Kier alpha value is -2.27. The van der Waals surface area contributed by atoms with Gasteiger partial charge in [-0.3, -0.25) is 4.79 Å². The fraction of sp³-hybridized carbons (Fsp3) is 0.0667. The minimum absolute atomic E-state index is 0.140. The van der Waals surface area contributed by atoms with Crippen LogP contribution in [0.15, 0.2) is 53.4 Å². The minimum Gasteiger partial charge on any atom is -0.478 e. The van der Waals surface area contributed by atoms with E-state index in [1.165, 1.54) is 12.1 Å². The Labute approximate surface area is 120 Å². The van der Waals surface area contributed by atoms with Crippen LogP contribution in [0.3, 0.4) is 0 Å². The molecule has 0 spiro atoms. The Kier molecular flexibility index (Phi) is 4.42. The van der Waals surface area contributed by atoms with Crippen LogP contribution in [0.1, 0.15) is 20.7 Å². The summed E-state index contributed by atoms with van der Waals surface area (Å²) in [4.78, 5) is 24.0. The van der Waals surface area contributed by atoms with Gasteiger partial charge in [0.15, 0.2) is 0 Å². The summed E-state index contributed by atoms with van der Waals surface area (Å²) in [5, 5.41) is 11.6. The van der Waals surface area contributed by atoms with Gasteiger partial charge in [0.1, 0.15) is 0 Å². The van der Waals surface area contributed by atoms with E-state index in [0.29, 0.717) is 11.3 Å². The second kappa shape index (κ2) is 6.25. The molecule has 2 rings (SSSR count). The summed E-state index contributed by atoms with van der Waals surface area (Å²) in [6.45, 7) is 0. The Morgan fingerprint density at radius 3 is 2.45 bits per heavy atom. The lowest BCUT2D eigenvalue weighted by atomic mass is 10.2. The van der Waals surface area contributed by atoms with Gasteiger partial charge in [-0.05, 0) is 42.7 Å². The first kappa shape index (κ1) is 14.1. The van der Waals surface area contributed by atoms with Crippen molar-refractivity contribution in [1.29, 1.82) is 0 Å². The largest absolute Gasteiger partial charge is 0.478 e. The first-order chi connectivity index (χ1) is 9.60. The van der Waals surface area contributed by atoms with Gasteiger partial charge in [-0.2, -0.15) is 0 Å². The zero-order valence-electron chi connectivity index (χ0n) is 10.8. The molecule has 0 atom stereocenters. The third-order valence-corrected chi connectivity index (χ3v) is 3.42. The summed E-state index contributed by atoms with van der Waals surface area (Å²) >= 11 is 1.56. The van der Waals surface area contributed by atoms with Gasteiger partial charge in [0, 0.05) is 16.1 Å². The predicted octanol–water partition coefficient (Wildman–Crippen LogP) is 3.36. The highest BCUT2D eigenvalue weighted by molar-refractivity contribution is 7.98. The van der Waals surface area contributed by atoms with Crippen LogP contribution in [-0.2, 0) is 0 Å². The molecule has 0 fully saturated rings. The number of aromatic carboxylic acids is 1. The molecule has 0 radical (unpaired) electrons. The number of thioether (sulfide) groups is 1. The van der Waals surface area contributed by atoms with Gasteiger partial charge in [-0.15, -0.1) is 11.8 Å². The highest BCUT2D eigenvalue weighted by Gasteiger charge is 2.08. The molecule has 20 heavy (non-hydrogen) atoms. The highest BCUT2D eigenvalue weighted by Crippen LogP contribution is 2.17. The quantitative estimate of drug-likeness (QED) is 0.846. The van der Waals surface area contributed by atoms with E-state index in [-0.39, 0.29) is 11.5 Å². The lowest BCUT2D eigenvalue weighted by Gasteiger charge is -2.07. The Morgan fingerprint density at radius 1 is 1.05 bits per heavy atom. The number of nitrogens with one attached hydrogen (secondary N) is 1. The Morgan fingerprint density at radius 2 is 1.75 bits per heavy atom. The summed E-state index contributed by atoms with van der Waals surface area (Å²) in [5.74, 6) is -1.28. The van der Waals surface area contributed by atoms with Crippen molar-refractivity contribution in [3.63, 3.8) is 0 Å². The smallest absolute Gasteiger partial charge is 0.335 e. The minimum atomic E-state index is -1.02. The number of amides is 1. The Balaban J connectivity index is 2.18. The molecule has 2 aromatic rings. The van der Waals surface area contributed by atoms with Gasteiger partial charge in [-0.25, -0.2) is 4.79 Å². The van der Waals surface area contributed by atoms with Crippen LogP contribution in [0.2, 0.25) is 0 Å². The molecule has 102 valence electrons. The number of hydrogen-bond donors (Lipinski definition) is 2. The molecule has 0 aliphatic rings. The summed E-state index contributed by atoms with van der Waals surface area (Å²) in [6, 6.07) is 13.4. The van der Waals surface area contributed by atoms with Crippen molar-refractivity contribution in [2.75, 3.05) is 11.6 Å². The molecular formula is C15H13NO3S. The van der Waals surface area contributed by atoms with Crippen molar-refractivity contribution in [3.05, 3.63) is 59.7 Å². The molecule has 0 aliphatic carbocycles. The summed E-state index contributed by atoms with van der Waals surface area (Å²) in [5.41, 5.74) is 1.14. The zero-order chi connectivity index (χ0) is 14.5. The van der Waals surface area contributed by atoms with Crippen molar-refractivity contribution < 1.29 is 14.7 Å². The molecule has 0 saturated carbocycles. The number of anilines is 1. The van der Waals surface area contributed by atoms with Gasteiger partial charge in [0.2, 0.25) is 0 Å². The molecule has 0 aliphatic heterocycles. The van der Waals surface area contributed by atoms with Crippen LogP contribution in [0.4, 0.5) is 5.69 Å². The van der Waals surface area contributed by atoms with Crippen molar-refractivity contribution in [3.8, 4) is 0 Å². The molecule has 0 bridgehead atoms. The SMILES string of the molecule is CSc1cccc(C(=O)Nc2cccc(C(=O)O)c2)c1. The highest BCUT2D eigenvalue weighted by atomic mass is 32.2. The monoisotopic (exact) mass is 287 g/mol. The van der Waals surface area contributed by atoms with Crippen LogP contribution in [-0.4, -0.2) is 23.2 Å². The van der Waals surface area contributed by atoms with E-state index in [1.807, 2.05) is 18.4 Å².